The van der Waals surface area contributed by atoms with Crippen LogP contribution in [0.15, 0.2) is 45.8 Å². The standard InChI is InChI=1S/C12H8BrFN2O4S/c13-9-5-4-7(6-8(9)12(17)18)21(19,20)16-11-3-1-2-10(14)15-11/h1-6H,(H,15,16)(H,17,18). The van der Waals surface area contributed by atoms with E-state index in [1.165, 1.54) is 24.3 Å². The van der Waals surface area contributed by atoms with Crippen LogP contribution in [0.1, 0.15) is 10.4 Å². The zero-order valence-corrected chi connectivity index (χ0v) is 12.6. The van der Waals surface area contributed by atoms with Gasteiger partial charge in [-0.05, 0) is 46.3 Å². The Morgan fingerprint density at radius 3 is 2.62 bits per heavy atom. The van der Waals surface area contributed by atoms with E-state index < -0.39 is 21.9 Å². The summed E-state index contributed by atoms with van der Waals surface area (Å²) in [6.45, 7) is 0. The van der Waals surface area contributed by atoms with Crippen LogP contribution >= 0.6 is 15.9 Å². The van der Waals surface area contributed by atoms with Crippen molar-refractivity contribution in [3.63, 3.8) is 0 Å². The van der Waals surface area contributed by atoms with Crippen LogP contribution in [0, 0.1) is 5.95 Å². The highest BCUT2D eigenvalue weighted by Gasteiger charge is 2.19. The van der Waals surface area contributed by atoms with Gasteiger partial charge in [-0.1, -0.05) is 6.07 Å². The van der Waals surface area contributed by atoms with Crippen LogP contribution in [-0.4, -0.2) is 24.5 Å². The molecule has 6 nitrogen and oxygen atoms in total. The third-order valence-corrected chi connectivity index (χ3v) is 4.48. The van der Waals surface area contributed by atoms with Crippen LogP contribution in [0.2, 0.25) is 0 Å². The fraction of sp³-hybridized carbons (Fsp3) is 0. The summed E-state index contributed by atoms with van der Waals surface area (Å²) in [5.74, 6) is -2.31. The molecule has 0 aliphatic carbocycles. The summed E-state index contributed by atoms with van der Waals surface area (Å²) >= 11 is 3.02. The Morgan fingerprint density at radius 1 is 1.29 bits per heavy atom. The molecular formula is C12H8BrFN2O4S. The van der Waals surface area contributed by atoms with Gasteiger partial charge in [0.2, 0.25) is 5.95 Å². The molecule has 0 fully saturated rings. The Bertz CT molecular complexity index is 811. The van der Waals surface area contributed by atoms with Crippen molar-refractivity contribution in [2.45, 2.75) is 4.90 Å². The highest BCUT2D eigenvalue weighted by atomic mass is 79.9. The van der Waals surface area contributed by atoms with Crippen molar-refractivity contribution in [1.82, 2.24) is 4.98 Å². The zero-order valence-electron chi connectivity index (χ0n) is 10.2. The quantitative estimate of drug-likeness (QED) is 0.801. The minimum Gasteiger partial charge on any atom is -0.478 e. The molecule has 110 valence electrons. The summed E-state index contributed by atoms with van der Waals surface area (Å²) in [6, 6.07) is 7.16. The number of halogens is 2. The van der Waals surface area contributed by atoms with Crippen LogP contribution in [0.25, 0.3) is 0 Å². The summed E-state index contributed by atoms with van der Waals surface area (Å²) in [6.07, 6.45) is 0. The normalized spacial score (nSPS) is 11.1. The summed E-state index contributed by atoms with van der Waals surface area (Å²) in [4.78, 5) is 14.1. The van der Waals surface area contributed by atoms with Crippen LogP contribution in [0.5, 0.6) is 0 Å². The Morgan fingerprint density at radius 2 is 2.00 bits per heavy atom. The number of hydrogen-bond donors (Lipinski definition) is 2. The highest BCUT2D eigenvalue weighted by Crippen LogP contribution is 2.22. The van der Waals surface area contributed by atoms with Gasteiger partial charge in [0.05, 0.1) is 10.5 Å². The first kappa shape index (κ1) is 15.4. The first-order chi connectivity index (χ1) is 9.79. The van der Waals surface area contributed by atoms with Crippen LogP contribution in [0.3, 0.4) is 0 Å². The fourth-order valence-electron chi connectivity index (χ4n) is 1.50. The largest absolute Gasteiger partial charge is 0.478 e. The van der Waals surface area contributed by atoms with Crippen molar-refractivity contribution in [2.75, 3.05) is 4.72 Å². The monoisotopic (exact) mass is 374 g/mol. The molecule has 0 saturated carbocycles. The van der Waals surface area contributed by atoms with Crippen LogP contribution in [-0.2, 0) is 10.0 Å². The minimum atomic E-state index is -4.07. The lowest BCUT2D eigenvalue weighted by atomic mass is 10.2. The number of nitrogens with one attached hydrogen (secondary N) is 1. The van der Waals surface area contributed by atoms with E-state index in [2.05, 4.69) is 25.6 Å². The molecule has 1 aromatic heterocycles. The zero-order chi connectivity index (χ0) is 15.6. The molecule has 0 bridgehead atoms. The molecule has 0 aliphatic heterocycles. The van der Waals surface area contributed by atoms with Crippen molar-refractivity contribution >= 4 is 37.7 Å². The third-order valence-electron chi connectivity index (χ3n) is 2.43. The van der Waals surface area contributed by atoms with E-state index in [0.717, 1.165) is 12.1 Å². The van der Waals surface area contributed by atoms with E-state index in [9.17, 15) is 17.6 Å². The second-order valence-corrected chi connectivity index (χ2v) is 6.43. The lowest BCUT2D eigenvalue weighted by molar-refractivity contribution is 0.0695. The van der Waals surface area contributed by atoms with Gasteiger partial charge in [-0.15, -0.1) is 0 Å². The molecule has 2 N–H and O–H groups in total. The smallest absolute Gasteiger partial charge is 0.336 e. The van der Waals surface area contributed by atoms with E-state index in [-0.39, 0.29) is 20.7 Å². The first-order valence-electron chi connectivity index (χ1n) is 5.48. The number of hydrogen-bond acceptors (Lipinski definition) is 4. The molecule has 9 heteroatoms. The van der Waals surface area contributed by atoms with Crippen molar-refractivity contribution in [1.29, 1.82) is 0 Å². The maximum absolute atomic E-state index is 12.9. The summed E-state index contributed by atoms with van der Waals surface area (Å²) in [7, 11) is -4.07. The van der Waals surface area contributed by atoms with Gasteiger partial charge in [0.15, 0.2) is 0 Å². The van der Waals surface area contributed by atoms with Gasteiger partial charge < -0.3 is 5.11 Å². The number of pyridine rings is 1. The van der Waals surface area contributed by atoms with Crippen molar-refractivity contribution in [3.8, 4) is 0 Å². The maximum atomic E-state index is 12.9. The molecule has 0 unspecified atom stereocenters. The van der Waals surface area contributed by atoms with Gasteiger partial charge in [-0.25, -0.2) is 18.2 Å². The minimum absolute atomic E-state index is 0.199. The topological polar surface area (TPSA) is 96.4 Å². The number of nitrogens with zero attached hydrogens (tertiary/aromatic N) is 1. The Balaban J connectivity index is 2.40. The molecular weight excluding hydrogens is 367 g/mol. The van der Waals surface area contributed by atoms with Crippen LogP contribution < -0.4 is 4.72 Å². The van der Waals surface area contributed by atoms with E-state index in [1.807, 2.05) is 0 Å². The number of carbonyl (C=O) groups is 1. The van der Waals surface area contributed by atoms with Crippen molar-refractivity contribution in [2.24, 2.45) is 0 Å². The Kier molecular flexibility index (Phi) is 4.24. The number of benzene rings is 1. The number of rotatable bonds is 4. The SMILES string of the molecule is O=C(O)c1cc(S(=O)(=O)Nc2cccc(F)n2)ccc1Br. The average molecular weight is 375 g/mol. The summed E-state index contributed by atoms with van der Waals surface area (Å²) in [5.41, 5.74) is -0.204. The van der Waals surface area contributed by atoms with Gasteiger partial charge in [-0.2, -0.15) is 4.39 Å². The average Bonchev–Trinajstić information content (AvgIpc) is 2.38. The number of carboxylic acids is 1. The highest BCUT2D eigenvalue weighted by molar-refractivity contribution is 9.10. The molecule has 0 saturated heterocycles. The first-order valence-corrected chi connectivity index (χ1v) is 7.75. The van der Waals surface area contributed by atoms with Gasteiger partial charge in [0, 0.05) is 4.47 Å². The third kappa shape index (κ3) is 3.56. The molecule has 2 rings (SSSR count). The lowest BCUT2D eigenvalue weighted by Crippen LogP contribution is -2.15. The van der Waals surface area contributed by atoms with Gasteiger partial charge in [-0.3, -0.25) is 4.72 Å². The molecule has 1 aromatic carbocycles. The van der Waals surface area contributed by atoms with Crippen molar-refractivity contribution < 1.29 is 22.7 Å². The van der Waals surface area contributed by atoms with Gasteiger partial charge >= 0.3 is 5.97 Å². The molecule has 0 amide bonds. The molecule has 1 heterocycles. The second kappa shape index (κ2) is 5.78. The molecule has 0 aliphatic rings. The molecule has 0 atom stereocenters. The predicted octanol–water partition coefficient (Wildman–Crippen LogP) is 2.48. The Hall–Kier alpha value is -2.00. The number of aromatic carboxylic acids is 1. The number of aromatic nitrogens is 1. The van der Waals surface area contributed by atoms with E-state index >= 15 is 0 Å². The lowest BCUT2D eigenvalue weighted by Gasteiger charge is -2.08. The molecule has 0 spiro atoms. The number of sulfonamides is 1. The summed E-state index contributed by atoms with van der Waals surface area (Å²) < 4.78 is 39.5. The van der Waals surface area contributed by atoms with Gasteiger partial charge in [0.1, 0.15) is 5.82 Å². The predicted molar refractivity (Wildman–Crippen MR) is 76.1 cm³/mol. The fourth-order valence-corrected chi connectivity index (χ4v) is 2.94. The number of carboxylic acid groups (broad SMARTS) is 1. The summed E-state index contributed by atoms with van der Waals surface area (Å²) in [5, 5.41) is 8.97. The second-order valence-electron chi connectivity index (χ2n) is 3.90. The van der Waals surface area contributed by atoms with Crippen LogP contribution in [0.4, 0.5) is 10.2 Å². The number of anilines is 1. The molecule has 0 radical (unpaired) electrons. The van der Waals surface area contributed by atoms with E-state index in [0.29, 0.717) is 0 Å². The van der Waals surface area contributed by atoms with Crippen molar-refractivity contribution in [3.05, 3.63) is 52.4 Å². The Labute approximate surface area is 127 Å². The molecule has 21 heavy (non-hydrogen) atoms. The maximum Gasteiger partial charge on any atom is 0.336 e. The van der Waals surface area contributed by atoms with Gasteiger partial charge in [0.25, 0.3) is 10.0 Å². The van der Waals surface area contributed by atoms with E-state index in [4.69, 9.17) is 5.11 Å². The van der Waals surface area contributed by atoms with E-state index in [1.54, 1.807) is 0 Å². The molecule has 2 aromatic rings.